The van der Waals surface area contributed by atoms with E-state index in [1.807, 2.05) is 0 Å². The van der Waals surface area contributed by atoms with Gasteiger partial charge >= 0.3 is 5.97 Å². The number of hydrogen-bond acceptors (Lipinski definition) is 16. The SMILES string of the molecule is CC(C)[C@H](NC(=O)[C@H](CCCCN)NC(=O)[C@H](Cc1ccccc1)NC(=O)[C@@H](NC(=O)[C@@H](NC(=O)[C@H](CCCCN)NC(=O)[C@@H](N)CCCCN)C(C)C)C(C)C)C(=O)N[C@@H](CCCCN)C(=O)N[C@@H](Cc1ccccc1)C(=O)N[C@@H](CCCCN)C(=O)O. The summed E-state index contributed by atoms with van der Waals surface area (Å²) in [5.74, 6) is -9.26. The lowest BCUT2D eigenvalue weighted by Gasteiger charge is -2.30. The molecule has 0 aliphatic carbocycles. The molecule has 9 amide bonds. The minimum absolute atomic E-state index is 0.0155. The van der Waals surface area contributed by atoms with Gasteiger partial charge in [-0.1, -0.05) is 109 Å². The third kappa shape index (κ3) is 29.8. The Labute approximate surface area is 525 Å². The third-order valence-corrected chi connectivity index (χ3v) is 15.2. The summed E-state index contributed by atoms with van der Waals surface area (Å²) in [7, 11) is 0. The summed E-state index contributed by atoms with van der Waals surface area (Å²) in [6, 6.07) is 5.57. The average Bonchev–Trinajstić information content (AvgIpc) is 3.56. The predicted molar refractivity (Wildman–Crippen MR) is 342 cm³/mol. The van der Waals surface area contributed by atoms with Gasteiger partial charge in [-0.3, -0.25) is 43.2 Å². The Morgan fingerprint density at radius 2 is 0.573 bits per heavy atom. The van der Waals surface area contributed by atoms with Gasteiger partial charge in [-0.15, -0.1) is 0 Å². The first-order chi connectivity index (χ1) is 42.4. The molecule has 26 nitrogen and oxygen atoms in total. The quantitative estimate of drug-likeness (QED) is 0.0384. The smallest absolute Gasteiger partial charge is 0.326 e. The molecule has 500 valence electrons. The lowest BCUT2D eigenvalue weighted by atomic mass is 9.98. The molecule has 0 saturated carbocycles. The van der Waals surface area contributed by atoms with E-state index in [1.165, 1.54) is 0 Å². The molecular formula is C63H107N15O11. The molecule has 89 heavy (non-hydrogen) atoms. The van der Waals surface area contributed by atoms with Crippen LogP contribution in [0.25, 0.3) is 0 Å². The highest BCUT2D eigenvalue weighted by Crippen LogP contribution is 2.15. The molecule has 2 aromatic rings. The van der Waals surface area contributed by atoms with Crippen LogP contribution in [0, 0.1) is 17.8 Å². The van der Waals surface area contributed by atoms with Crippen molar-refractivity contribution in [3.63, 3.8) is 0 Å². The summed E-state index contributed by atoms with van der Waals surface area (Å²) in [6.07, 6.45) is 5.78. The Balaban J connectivity index is 2.48. The zero-order chi connectivity index (χ0) is 66.4. The number of carbonyl (C=O) groups excluding carboxylic acids is 9. The van der Waals surface area contributed by atoms with Gasteiger partial charge in [-0.2, -0.15) is 0 Å². The summed E-state index contributed by atoms with van der Waals surface area (Å²) >= 11 is 0. The maximum absolute atomic E-state index is 14.7. The minimum Gasteiger partial charge on any atom is -0.480 e. The Bertz CT molecular complexity index is 2470. The van der Waals surface area contributed by atoms with Gasteiger partial charge in [0.05, 0.1) is 6.04 Å². The van der Waals surface area contributed by atoms with Crippen LogP contribution in [0.2, 0.25) is 0 Å². The van der Waals surface area contributed by atoms with Gasteiger partial charge < -0.3 is 87.4 Å². The number of carbonyl (C=O) groups is 10. The molecule has 0 spiro atoms. The van der Waals surface area contributed by atoms with Crippen LogP contribution in [0.15, 0.2) is 60.7 Å². The van der Waals surface area contributed by atoms with Gasteiger partial charge in [-0.25, -0.2) is 4.79 Å². The Morgan fingerprint density at radius 3 is 0.910 bits per heavy atom. The molecule has 0 saturated heterocycles. The molecule has 0 aromatic heterocycles. The Hall–Kier alpha value is -7.10. The van der Waals surface area contributed by atoms with Gasteiger partial charge in [-0.05, 0) is 151 Å². The molecule has 0 unspecified atom stereocenters. The normalized spacial score (nSPS) is 14.7. The molecule has 0 aliphatic rings. The number of carboxylic acid groups (broad SMARTS) is 1. The topological polar surface area (TPSA) is 455 Å². The van der Waals surface area contributed by atoms with Gasteiger partial charge in [0.2, 0.25) is 53.2 Å². The van der Waals surface area contributed by atoms with Crippen molar-refractivity contribution < 1.29 is 53.1 Å². The number of unbranched alkanes of at least 4 members (excludes halogenated alkanes) is 5. The molecule has 2 rings (SSSR count). The van der Waals surface area contributed by atoms with Crippen molar-refractivity contribution in [3.8, 4) is 0 Å². The summed E-state index contributed by atoms with van der Waals surface area (Å²) in [5.41, 5.74) is 36.1. The number of amides is 9. The second-order valence-corrected chi connectivity index (χ2v) is 23.8. The van der Waals surface area contributed by atoms with Crippen LogP contribution < -0.4 is 82.3 Å². The second kappa shape index (κ2) is 43.5. The van der Waals surface area contributed by atoms with E-state index in [4.69, 9.17) is 34.4 Å². The fourth-order valence-corrected chi connectivity index (χ4v) is 9.77. The van der Waals surface area contributed by atoms with Crippen LogP contribution in [-0.4, -0.2) is 157 Å². The Morgan fingerprint density at radius 1 is 0.326 bits per heavy atom. The lowest BCUT2D eigenvalue weighted by Crippen LogP contribution is -2.62. The van der Waals surface area contributed by atoms with Crippen molar-refractivity contribution in [2.75, 3.05) is 32.7 Å². The molecule has 22 N–H and O–H groups in total. The van der Waals surface area contributed by atoms with E-state index >= 15 is 0 Å². The van der Waals surface area contributed by atoms with E-state index in [0.717, 1.165) is 0 Å². The highest BCUT2D eigenvalue weighted by Gasteiger charge is 2.37. The number of carboxylic acids is 1. The first-order valence-electron chi connectivity index (χ1n) is 31.7. The monoisotopic (exact) mass is 1250 g/mol. The van der Waals surface area contributed by atoms with Gasteiger partial charge in [0.15, 0.2) is 0 Å². The molecule has 0 heterocycles. The van der Waals surface area contributed by atoms with E-state index in [1.54, 1.807) is 102 Å². The number of aliphatic carboxylic acids is 1. The standard InChI is InChI=1S/C63H107N15O11/c1-39(2)51(60(85)72-45(28-14-19-33-65)55(80)74-49(37-42-23-9-7-10-24-42)59(84)73-48(63(88)89)31-17-22-36-68)76-57(82)47(30-16-21-35-67)71-58(83)50(38-43-25-11-8-12-26-43)75-61(86)52(40(3)4)78-62(87)53(41(5)6)77-56(81)46(29-15-20-34-66)70-54(79)44(69)27-13-18-32-64/h7-12,23-26,39-41,44-53H,13-22,27-38,64-69H2,1-6H3,(H,70,79)(H,71,83)(H,72,85)(H,73,84)(H,74,80)(H,75,86)(H,76,82)(H,77,81)(H,78,87)(H,88,89)/t44-,45-,46-,47-,48-,49-,50-,51-,52-,53-/m0/s1. The number of rotatable bonds is 46. The maximum Gasteiger partial charge on any atom is 0.326 e. The highest BCUT2D eigenvalue weighted by molar-refractivity contribution is 5.99. The van der Waals surface area contributed by atoms with E-state index in [-0.39, 0.29) is 51.6 Å². The molecule has 0 bridgehead atoms. The molecule has 0 aliphatic heterocycles. The predicted octanol–water partition coefficient (Wildman–Crippen LogP) is -0.140. The van der Waals surface area contributed by atoms with Crippen molar-refractivity contribution in [2.45, 2.75) is 211 Å². The van der Waals surface area contributed by atoms with Gasteiger partial charge in [0.1, 0.15) is 54.4 Å². The van der Waals surface area contributed by atoms with Crippen LogP contribution >= 0.6 is 0 Å². The number of benzene rings is 2. The van der Waals surface area contributed by atoms with E-state index in [9.17, 15) is 53.1 Å². The Kier molecular flexibility index (Phi) is 38.2. The number of nitrogens with one attached hydrogen (secondary N) is 9. The van der Waals surface area contributed by atoms with Crippen LogP contribution in [0.3, 0.4) is 0 Å². The first-order valence-corrected chi connectivity index (χ1v) is 31.7. The van der Waals surface area contributed by atoms with Crippen LogP contribution in [0.4, 0.5) is 0 Å². The highest BCUT2D eigenvalue weighted by atomic mass is 16.4. The second-order valence-electron chi connectivity index (χ2n) is 23.8. The van der Waals surface area contributed by atoms with Crippen molar-refractivity contribution in [1.82, 2.24) is 47.9 Å². The fraction of sp³-hybridized carbons (Fsp3) is 0.651. The molecule has 0 radical (unpaired) electrons. The summed E-state index contributed by atoms with van der Waals surface area (Å²) < 4.78 is 0. The summed E-state index contributed by atoms with van der Waals surface area (Å²) in [6.45, 7) is 11.9. The molecule has 10 atom stereocenters. The van der Waals surface area contributed by atoms with Crippen LogP contribution in [0.5, 0.6) is 0 Å². The lowest BCUT2D eigenvalue weighted by molar-refractivity contribution is -0.142. The molecule has 0 fully saturated rings. The third-order valence-electron chi connectivity index (χ3n) is 15.2. The van der Waals surface area contributed by atoms with Gasteiger partial charge in [0.25, 0.3) is 0 Å². The van der Waals surface area contributed by atoms with Crippen molar-refractivity contribution in [2.24, 2.45) is 52.2 Å². The largest absolute Gasteiger partial charge is 0.480 e. The summed E-state index contributed by atoms with van der Waals surface area (Å²) in [5, 5.41) is 34.8. The van der Waals surface area contributed by atoms with Crippen LogP contribution in [-0.2, 0) is 60.8 Å². The average molecular weight is 1250 g/mol. The maximum atomic E-state index is 14.7. The molecule has 26 heteroatoms. The number of hydrogen-bond donors (Lipinski definition) is 16. The van der Waals surface area contributed by atoms with Crippen LogP contribution in [0.1, 0.15) is 149 Å². The zero-order valence-electron chi connectivity index (χ0n) is 53.3. The first kappa shape index (κ1) is 78.0. The van der Waals surface area contributed by atoms with Gasteiger partial charge in [0, 0.05) is 12.8 Å². The molecule has 2 aromatic carbocycles. The number of nitrogens with two attached hydrogens (primary N) is 6. The zero-order valence-corrected chi connectivity index (χ0v) is 53.3. The van der Waals surface area contributed by atoms with Crippen molar-refractivity contribution in [1.29, 1.82) is 0 Å². The summed E-state index contributed by atoms with van der Waals surface area (Å²) in [4.78, 5) is 140. The van der Waals surface area contributed by atoms with E-state index in [2.05, 4.69) is 47.9 Å². The van der Waals surface area contributed by atoms with E-state index < -0.39 is 137 Å². The van der Waals surface area contributed by atoms with Crippen molar-refractivity contribution >= 4 is 59.1 Å². The minimum atomic E-state index is -1.33. The fourth-order valence-electron chi connectivity index (χ4n) is 9.77. The van der Waals surface area contributed by atoms with Crippen molar-refractivity contribution in [3.05, 3.63) is 71.8 Å². The van der Waals surface area contributed by atoms with E-state index in [0.29, 0.717) is 101 Å². The molecular weight excluding hydrogens is 1140 g/mol.